The van der Waals surface area contributed by atoms with Crippen molar-refractivity contribution in [3.63, 3.8) is 0 Å². The van der Waals surface area contributed by atoms with Gasteiger partial charge in [-0.15, -0.1) is 0 Å². The van der Waals surface area contributed by atoms with Gasteiger partial charge in [-0.2, -0.15) is 0 Å². The summed E-state index contributed by atoms with van der Waals surface area (Å²) in [5, 5.41) is 4.98. The third-order valence-electron chi connectivity index (χ3n) is 4.07. The summed E-state index contributed by atoms with van der Waals surface area (Å²) in [4.78, 5) is 6.02. The van der Waals surface area contributed by atoms with Gasteiger partial charge in [0.05, 0.1) is 6.04 Å². The fraction of sp³-hybridized carbons (Fsp3) is 0.467. The molecule has 0 aliphatic carbocycles. The van der Waals surface area contributed by atoms with Crippen molar-refractivity contribution >= 4 is 10.9 Å². The van der Waals surface area contributed by atoms with Gasteiger partial charge in [-0.05, 0) is 32.0 Å². The highest BCUT2D eigenvalue weighted by Gasteiger charge is 2.22. The molecule has 0 spiro atoms. The number of nitrogens with zero attached hydrogens (tertiary/aromatic N) is 1. The average molecular weight is 243 g/mol. The van der Waals surface area contributed by atoms with Gasteiger partial charge in [-0.25, -0.2) is 0 Å². The molecule has 1 aromatic carbocycles. The Morgan fingerprint density at radius 2 is 2.11 bits per heavy atom. The molecule has 0 bridgehead atoms. The Balaban J connectivity index is 2.06. The lowest BCUT2D eigenvalue weighted by atomic mass is 10.0. The third kappa shape index (κ3) is 1.84. The van der Waals surface area contributed by atoms with Gasteiger partial charge in [0.2, 0.25) is 0 Å². The standard InChI is InChI=1S/C15H21N3/c1-10-5-4-6-12-11(2)15(17-14(10)12)13-9-18(3)8-7-16-13/h4-6,13,16-17H,7-9H2,1-3H3. The SMILES string of the molecule is Cc1c(C2CN(C)CCN2)[nH]c2c(C)cccc12. The molecule has 2 N–H and O–H groups in total. The van der Waals surface area contributed by atoms with Crippen LogP contribution < -0.4 is 5.32 Å². The Kier molecular flexibility index (Phi) is 2.88. The van der Waals surface area contributed by atoms with E-state index in [9.17, 15) is 0 Å². The van der Waals surface area contributed by atoms with E-state index in [1.807, 2.05) is 0 Å². The molecule has 1 atom stereocenters. The summed E-state index contributed by atoms with van der Waals surface area (Å²) in [6.45, 7) is 7.67. The molecule has 1 saturated heterocycles. The van der Waals surface area contributed by atoms with E-state index in [1.54, 1.807) is 0 Å². The van der Waals surface area contributed by atoms with Crippen LogP contribution in [0.2, 0.25) is 0 Å². The molecule has 1 aliphatic heterocycles. The summed E-state index contributed by atoms with van der Waals surface area (Å²) in [7, 11) is 2.19. The van der Waals surface area contributed by atoms with E-state index in [4.69, 9.17) is 0 Å². The fourth-order valence-electron chi connectivity index (χ4n) is 2.96. The minimum Gasteiger partial charge on any atom is -0.357 e. The Morgan fingerprint density at radius 3 is 2.83 bits per heavy atom. The largest absolute Gasteiger partial charge is 0.357 e. The molecule has 0 saturated carbocycles. The molecular weight excluding hydrogens is 222 g/mol. The van der Waals surface area contributed by atoms with E-state index in [2.05, 4.69) is 54.3 Å². The number of rotatable bonds is 1. The smallest absolute Gasteiger partial charge is 0.0605 e. The van der Waals surface area contributed by atoms with Gasteiger partial charge >= 0.3 is 0 Å². The Bertz CT molecular complexity index is 570. The average Bonchev–Trinajstić information content (AvgIpc) is 2.69. The number of fused-ring (bicyclic) bond motifs is 1. The van der Waals surface area contributed by atoms with Gasteiger partial charge in [0.1, 0.15) is 0 Å². The number of hydrogen-bond donors (Lipinski definition) is 2. The lowest BCUT2D eigenvalue weighted by molar-refractivity contribution is 0.238. The molecule has 1 unspecified atom stereocenters. The number of para-hydroxylation sites is 1. The topological polar surface area (TPSA) is 31.1 Å². The first kappa shape index (κ1) is 11.8. The zero-order valence-electron chi connectivity index (χ0n) is 11.4. The number of nitrogens with one attached hydrogen (secondary N) is 2. The number of aromatic nitrogens is 1. The van der Waals surface area contributed by atoms with Crippen LogP contribution in [0.5, 0.6) is 0 Å². The van der Waals surface area contributed by atoms with Gasteiger partial charge < -0.3 is 15.2 Å². The normalized spacial score (nSPS) is 21.6. The van der Waals surface area contributed by atoms with Crippen LogP contribution >= 0.6 is 0 Å². The molecule has 1 aromatic heterocycles. The van der Waals surface area contributed by atoms with Gasteiger partial charge in [0.15, 0.2) is 0 Å². The first-order chi connectivity index (χ1) is 8.66. The molecule has 0 radical (unpaired) electrons. The molecule has 1 fully saturated rings. The maximum atomic E-state index is 3.63. The molecule has 0 amide bonds. The number of piperazine rings is 1. The quantitative estimate of drug-likeness (QED) is 0.805. The predicted molar refractivity (Wildman–Crippen MR) is 76.0 cm³/mol. The van der Waals surface area contributed by atoms with E-state index in [1.165, 1.54) is 27.7 Å². The lowest BCUT2D eigenvalue weighted by Crippen LogP contribution is -2.44. The highest BCUT2D eigenvalue weighted by molar-refractivity contribution is 5.87. The van der Waals surface area contributed by atoms with Crippen LogP contribution in [0, 0.1) is 13.8 Å². The molecule has 3 nitrogen and oxygen atoms in total. The first-order valence-corrected chi connectivity index (χ1v) is 6.66. The van der Waals surface area contributed by atoms with E-state index < -0.39 is 0 Å². The lowest BCUT2D eigenvalue weighted by Gasteiger charge is -2.30. The molecule has 1 aliphatic rings. The summed E-state index contributed by atoms with van der Waals surface area (Å²) in [6, 6.07) is 6.95. The van der Waals surface area contributed by atoms with Crippen LogP contribution in [0.25, 0.3) is 10.9 Å². The number of benzene rings is 1. The maximum absolute atomic E-state index is 3.63. The van der Waals surface area contributed by atoms with Crippen molar-refractivity contribution in [1.29, 1.82) is 0 Å². The third-order valence-corrected chi connectivity index (χ3v) is 4.07. The number of likely N-dealkylation sites (N-methyl/N-ethyl adjacent to an activating group) is 1. The van der Waals surface area contributed by atoms with Crippen molar-refractivity contribution in [2.75, 3.05) is 26.7 Å². The Morgan fingerprint density at radius 1 is 1.28 bits per heavy atom. The zero-order chi connectivity index (χ0) is 12.7. The number of H-pyrrole nitrogens is 1. The number of aryl methyl sites for hydroxylation is 2. The fourth-order valence-corrected chi connectivity index (χ4v) is 2.96. The highest BCUT2D eigenvalue weighted by atomic mass is 15.2. The second kappa shape index (κ2) is 4.41. The number of hydrogen-bond acceptors (Lipinski definition) is 2. The molecule has 96 valence electrons. The van der Waals surface area contributed by atoms with Gasteiger partial charge in [-0.1, -0.05) is 18.2 Å². The van der Waals surface area contributed by atoms with Crippen LogP contribution in [0.1, 0.15) is 22.9 Å². The first-order valence-electron chi connectivity index (χ1n) is 6.66. The summed E-state index contributed by atoms with van der Waals surface area (Å²) in [5.41, 5.74) is 5.36. The minimum absolute atomic E-state index is 0.426. The summed E-state index contributed by atoms with van der Waals surface area (Å²) in [6.07, 6.45) is 0. The van der Waals surface area contributed by atoms with Crippen LogP contribution in [0.4, 0.5) is 0 Å². The van der Waals surface area contributed by atoms with E-state index >= 15 is 0 Å². The molecular formula is C15H21N3. The van der Waals surface area contributed by atoms with Crippen molar-refractivity contribution in [2.45, 2.75) is 19.9 Å². The summed E-state index contributed by atoms with van der Waals surface area (Å²) >= 11 is 0. The molecule has 3 heteroatoms. The predicted octanol–water partition coefficient (Wildman–Crippen LogP) is 2.36. The van der Waals surface area contributed by atoms with Gasteiger partial charge in [0, 0.05) is 36.2 Å². The summed E-state index contributed by atoms with van der Waals surface area (Å²) in [5.74, 6) is 0. The Labute approximate surface area is 108 Å². The van der Waals surface area contributed by atoms with Crippen molar-refractivity contribution < 1.29 is 0 Å². The second-order valence-corrected chi connectivity index (χ2v) is 5.43. The monoisotopic (exact) mass is 243 g/mol. The molecule has 3 rings (SSSR count). The second-order valence-electron chi connectivity index (χ2n) is 5.43. The van der Waals surface area contributed by atoms with Gasteiger partial charge in [-0.3, -0.25) is 0 Å². The van der Waals surface area contributed by atoms with E-state index in [-0.39, 0.29) is 0 Å². The maximum Gasteiger partial charge on any atom is 0.0605 e. The van der Waals surface area contributed by atoms with Crippen molar-refractivity contribution in [1.82, 2.24) is 15.2 Å². The van der Waals surface area contributed by atoms with E-state index in [0.29, 0.717) is 6.04 Å². The minimum atomic E-state index is 0.426. The van der Waals surface area contributed by atoms with Crippen LogP contribution in [-0.2, 0) is 0 Å². The van der Waals surface area contributed by atoms with Gasteiger partial charge in [0.25, 0.3) is 0 Å². The van der Waals surface area contributed by atoms with Crippen LogP contribution in [0.3, 0.4) is 0 Å². The number of aromatic amines is 1. The molecule has 2 aromatic rings. The van der Waals surface area contributed by atoms with Crippen LogP contribution in [0.15, 0.2) is 18.2 Å². The molecule has 2 heterocycles. The van der Waals surface area contributed by atoms with Crippen molar-refractivity contribution in [3.8, 4) is 0 Å². The van der Waals surface area contributed by atoms with Crippen LogP contribution in [-0.4, -0.2) is 36.6 Å². The molecule has 18 heavy (non-hydrogen) atoms. The summed E-state index contributed by atoms with van der Waals surface area (Å²) < 4.78 is 0. The van der Waals surface area contributed by atoms with Crippen molar-refractivity contribution in [2.24, 2.45) is 0 Å². The van der Waals surface area contributed by atoms with Crippen molar-refractivity contribution in [3.05, 3.63) is 35.0 Å². The zero-order valence-corrected chi connectivity index (χ0v) is 11.4. The Hall–Kier alpha value is -1.32. The van der Waals surface area contributed by atoms with E-state index in [0.717, 1.165) is 19.6 Å². The highest BCUT2D eigenvalue weighted by Crippen LogP contribution is 2.28.